The van der Waals surface area contributed by atoms with Crippen LogP contribution in [0.25, 0.3) is 0 Å². The van der Waals surface area contributed by atoms with Crippen molar-refractivity contribution in [3.8, 4) is 0 Å². The lowest BCUT2D eigenvalue weighted by Crippen LogP contribution is -2.60. The van der Waals surface area contributed by atoms with Crippen LogP contribution < -0.4 is 11.1 Å². The molecule has 8 heteroatoms. The summed E-state index contributed by atoms with van der Waals surface area (Å²) in [7, 11) is 0. The molecule has 148 valence electrons. The van der Waals surface area contributed by atoms with E-state index in [-0.39, 0.29) is 48.5 Å². The average Bonchev–Trinajstić information content (AvgIpc) is 3.10. The summed E-state index contributed by atoms with van der Waals surface area (Å²) in [4.78, 5) is 15.0. The molecule has 3 N–H and O–H groups in total. The Morgan fingerprint density at radius 2 is 1.80 bits per heavy atom. The van der Waals surface area contributed by atoms with Crippen LogP contribution in [0.1, 0.15) is 44.9 Å². The Morgan fingerprint density at radius 1 is 1.12 bits per heavy atom. The van der Waals surface area contributed by atoms with Crippen LogP contribution in [0.3, 0.4) is 0 Å². The number of nitrogens with zero attached hydrogens (tertiary/aromatic N) is 1. The van der Waals surface area contributed by atoms with Gasteiger partial charge in [-0.05, 0) is 51.6 Å². The van der Waals surface area contributed by atoms with Gasteiger partial charge in [-0.2, -0.15) is 0 Å². The minimum atomic E-state index is -0.318. The van der Waals surface area contributed by atoms with E-state index >= 15 is 0 Å². The molecule has 3 saturated heterocycles. The van der Waals surface area contributed by atoms with Crippen molar-refractivity contribution in [2.45, 2.75) is 62.7 Å². The lowest BCUT2D eigenvalue weighted by atomic mass is 9.86. The van der Waals surface area contributed by atoms with Crippen molar-refractivity contribution in [2.24, 2.45) is 5.73 Å². The van der Waals surface area contributed by atoms with Crippen molar-refractivity contribution >= 4 is 30.7 Å². The van der Waals surface area contributed by atoms with Gasteiger partial charge in [-0.3, -0.25) is 9.69 Å². The maximum atomic E-state index is 12.4. The number of hydrogen-bond donors (Lipinski definition) is 2. The molecule has 3 rings (SSSR count). The maximum absolute atomic E-state index is 12.4. The van der Waals surface area contributed by atoms with Crippen LogP contribution in [0, 0.1) is 0 Å². The van der Waals surface area contributed by atoms with Gasteiger partial charge < -0.3 is 20.5 Å². The monoisotopic (exact) mass is 397 g/mol. The third-order valence-corrected chi connectivity index (χ3v) is 5.70. The lowest BCUT2D eigenvalue weighted by molar-refractivity contribution is -0.133. The summed E-state index contributed by atoms with van der Waals surface area (Å²) in [6.07, 6.45) is 7.26. The van der Waals surface area contributed by atoms with E-state index < -0.39 is 0 Å². The van der Waals surface area contributed by atoms with Crippen LogP contribution in [0.5, 0.6) is 0 Å². The second-order valence-electron chi connectivity index (χ2n) is 7.16. The highest BCUT2D eigenvalue weighted by Gasteiger charge is 2.40. The molecule has 3 aliphatic rings. The molecule has 2 atom stereocenters. The molecule has 25 heavy (non-hydrogen) atoms. The van der Waals surface area contributed by atoms with Gasteiger partial charge in [0.2, 0.25) is 5.91 Å². The number of likely N-dealkylation sites (tertiary alicyclic amines) is 1. The van der Waals surface area contributed by atoms with Crippen LogP contribution in [-0.4, -0.2) is 67.9 Å². The van der Waals surface area contributed by atoms with Crippen LogP contribution in [-0.2, 0) is 14.3 Å². The second-order valence-corrected chi connectivity index (χ2v) is 7.16. The molecule has 0 saturated carbocycles. The zero-order valence-corrected chi connectivity index (χ0v) is 16.5. The topological polar surface area (TPSA) is 76.8 Å². The van der Waals surface area contributed by atoms with Crippen LogP contribution in [0.2, 0.25) is 0 Å². The Hall–Kier alpha value is -0.110. The third-order valence-electron chi connectivity index (χ3n) is 5.70. The molecule has 6 nitrogen and oxygen atoms in total. The molecule has 0 radical (unpaired) electrons. The molecular formula is C17H33Cl2N3O3. The molecule has 0 aliphatic carbocycles. The van der Waals surface area contributed by atoms with Gasteiger partial charge in [0, 0.05) is 31.8 Å². The number of carbonyl (C=O) groups is 1. The summed E-state index contributed by atoms with van der Waals surface area (Å²) in [6, 6.07) is 0. The first-order valence-corrected chi connectivity index (χ1v) is 9.19. The number of hydrogen-bond acceptors (Lipinski definition) is 5. The summed E-state index contributed by atoms with van der Waals surface area (Å²) in [6.45, 7) is 5.08. The zero-order valence-electron chi connectivity index (χ0n) is 14.9. The summed E-state index contributed by atoms with van der Waals surface area (Å²) >= 11 is 0. The number of piperidine rings is 1. The molecule has 0 aromatic carbocycles. The summed E-state index contributed by atoms with van der Waals surface area (Å²) in [5.74, 6) is 0.0313. The molecule has 0 aromatic rings. The molecule has 3 aliphatic heterocycles. The summed E-state index contributed by atoms with van der Waals surface area (Å²) < 4.78 is 11.3. The van der Waals surface area contributed by atoms with Gasteiger partial charge in [0.15, 0.2) is 0 Å². The maximum Gasteiger partial charge on any atom is 0.249 e. The molecule has 3 fully saturated rings. The fourth-order valence-electron chi connectivity index (χ4n) is 4.16. The first kappa shape index (κ1) is 22.9. The van der Waals surface area contributed by atoms with Crippen molar-refractivity contribution < 1.29 is 14.3 Å². The Morgan fingerprint density at radius 3 is 2.40 bits per heavy atom. The SMILES string of the molecule is Cl.Cl.NC[C@H]1CC[C@@H](C(=O)NCC2(N3CCCCC3)CCOCC2)O1. The molecule has 3 heterocycles. The summed E-state index contributed by atoms with van der Waals surface area (Å²) in [5.41, 5.74) is 5.70. The fraction of sp³-hybridized carbons (Fsp3) is 0.941. The largest absolute Gasteiger partial charge is 0.381 e. The standard InChI is InChI=1S/C17H31N3O3.2ClH/c18-12-14-4-5-15(23-14)16(21)19-13-17(6-10-22-11-7-17)20-8-2-1-3-9-20;;/h14-15H,1-13,18H2,(H,19,21);2*1H/t14-,15+;;/m1../s1. The Balaban J connectivity index is 0.00000156. The quantitative estimate of drug-likeness (QED) is 0.734. The van der Waals surface area contributed by atoms with E-state index in [1.807, 2.05) is 0 Å². The highest BCUT2D eigenvalue weighted by atomic mass is 35.5. The normalized spacial score (nSPS) is 29.3. The first-order valence-electron chi connectivity index (χ1n) is 9.19. The van der Waals surface area contributed by atoms with Crippen molar-refractivity contribution in [2.75, 3.05) is 39.4 Å². The van der Waals surface area contributed by atoms with E-state index in [1.165, 1.54) is 19.3 Å². The third kappa shape index (κ3) is 5.68. The van der Waals surface area contributed by atoms with E-state index in [0.29, 0.717) is 13.1 Å². The van der Waals surface area contributed by atoms with Crippen molar-refractivity contribution in [3.05, 3.63) is 0 Å². The minimum Gasteiger partial charge on any atom is -0.381 e. The van der Waals surface area contributed by atoms with Crippen LogP contribution >= 0.6 is 24.8 Å². The van der Waals surface area contributed by atoms with E-state index in [9.17, 15) is 4.79 Å². The highest BCUT2D eigenvalue weighted by Crippen LogP contribution is 2.30. The van der Waals surface area contributed by atoms with Crippen LogP contribution in [0.4, 0.5) is 0 Å². The smallest absolute Gasteiger partial charge is 0.249 e. The summed E-state index contributed by atoms with van der Waals surface area (Å²) in [5, 5.41) is 3.18. The molecule has 0 spiro atoms. The predicted molar refractivity (Wildman–Crippen MR) is 103 cm³/mol. The average molecular weight is 398 g/mol. The lowest BCUT2D eigenvalue weighted by Gasteiger charge is -2.48. The molecule has 0 bridgehead atoms. The molecule has 1 amide bonds. The Bertz CT molecular complexity index is 403. The van der Waals surface area contributed by atoms with Crippen molar-refractivity contribution in [1.82, 2.24) is 10.2 Å². The zero-order chi connectivity index (χ0) is 16.1. The number of amides is 1. The number of nitrogens with one attached hydrogen (secondary N) is 1. The Kier molecular flexibility index (Phi) is 10.00. The van der Waals surface area contributed by atoms with Gasteiger partial charge in [0.1, 0.15) is 6.10 Å². The van der Waals surface area contributed by atoms with E-state index in [1.54, 1.807) is 0 Å². The number of ether oxygens (including phenoxy) is 2. The van der Waals surface area contributed by atoms with Crippen molar-refractivity contribution in [1.29, 1.82) is 0 Å². The highest BCUT2D eigenvalue weighted by molar-refractivity contribution is 5.85. The van der Waals surface area contributed by atoms with Gasteiger partial charge in [0.05, 0.1) is 6.10 Å². The van der Waals surface area contributed by atoms with Gasteiger partial charge in [-0.1, -0.05) is 6.42 Å². The van der Waals surface area contributed by atoms with Gasteiger partial charge in [0.25, 0.3) is 0 Å². The molecular weight excluding hydrogens is 365 g/mol. The minimum absolute atomic E-state index is 0. The number of halogens is 2. The van der Waals surface area contributed by atoms with E-state index in [2.05, 4.69) is 10.2 Å². The molecule has 0 aromatic heterocycles. The van der Waals surface area contributed by atoms with E-state index in [4.69, 9.17) is 15.2 Å². The van der Waals surface area contributed by atoms with Crippen LogP contribution in [0.15, 0.2) is 0 Å². The first-order chi connectivity index (χ1) is 11.2. The number of carbonyl (C=O) groups excluding carboxylic acids is 1. The van der Waals surface area contributed by atoms with Gasteiger partial charge in [-0.15, -0.1) is 24.8 Å². The Labute approximate surface area is 163 Å². The fourth-order valence-corrected chi connectivity index (χ4v) is 4.16. The van der Waals surface area contributed by atoms with Gasteiger partial charge in [-0.25, -0.2) is 0 Å². The number of rotatable bonds is 5. The van der Waals surface area contributed by atoms with Gasteiger partial charge >= 0.3 is 0 Å². The molecule has 0 unspecified atom stereocenters. The number of nitrogens with two attached hydrogens (primary N) is 1. The predicted octanol–water partition coefficient (Wildman–Crippen LogP) is 1.49. The van der Waals surface area contributed by atoms with Crippen molar-refractivity contribution in [3.63, 3.8) is 0 Å². The van der Waals surface area contributed by atoms with E-state index in [0.717, 1.165) is 52.0 Å². The second kappa shape index (κ2) is 10.9.